The smallest absolute Gasteiger partial charge is 0.414 e. The third kappa shape index (κ3) is 5.41. The van der Waals surface area contributed by atoms with Crippen LogP contribution in [0.1, 0.15) is 12.8 Å². The summed E-state index contributed by atoms with van der Waals surface area (Å²) >= 11 is 0. The highest BCUT2D eigenvalue weighted by Crippen LogP contribution is 2.29. The second-order valence-electron chi connectivity index (χ2n) is 7.03. The number of amides is 1. The number of β-amino-alcohol motifs (C(OH)–C–C–N with tert-alkyl or cyclic N) is 1. The Morgan fingerprint density at radius 2 is 2.07 bits per heavy atom. The van der Waals surface area contributed by atoms with E-state index in [-0.39, 0.29) is 31.7 Å². The fourth-order valence-corrected chi connectivity index (χ4v) is 3.43. The minimum atomic E-state index is -3.04. The maximum absolute atomic E-state index is 14.8. The van der Waals surface area contributed by atoms with Crippen LogP contribution in [0.5, 0.6) is 0 Å². The second kappa shape index (κ2) is 10.1. The summed E-state index contributed by atoms with van der Waals surface area (Å²) < 4.78 is 44.5. The van der Waals surface area contributed by atoms with Gasteiger partial charge in [0.15, 0.2) is 5.78 Å². The van der Waals surface area contributed by atoms with Gasteiger partial charge in [0.1, 0.15) is 11.9 Å². The number of aliphatic hydroxyl groups is 1. The molecule has 1 atom stereocenters. The van der Waals surface area contributed by atoms with Crippen molar-refractivity contribution in [2.24, 2.45) is 0 Å². The van der Waals surface area contributed by atoms with Crippen LogP contribution in [0.4, 0.5) is 29.3 Å². The number of aliphatic hydroxyl groups excluding tert-OH is 1. The topological polar surface area (TPSA) is 82.5 Å². The standard InChI is InChI=1S/C19H24F3N3O5/c20-15-11-13(25-12-14(30-19(25)28)2-4-17(27)18(21)22)1-3-16(15)23-5-6-24(7-9-26)29-10-8-23/h1,3,11,14,18,26H,2,4-10,12H2/t14-/m0/s1. The summed E-state index contributed by atoms with van der Waals surface area (Å²) in [7, 11) is 0. The molecular weight excluding hydrogens is 407 g/mol. The molecule has 0 saturated carbocycles. The minimum absolute atomic E-state index is 0.00982. The molecule has 1 aromatic rings. The molecule has 8 nitrogen and oxygen atoms in total. The normalized spacial score (nSPS) is 20.6. The van der Waals surface area contributed by atoms with Gasteiger partial charge < -0.3 is 14.7 Å². The first-order chi connectivity index (χ1) is 14.4. The molecule has 2 aliphatic heterocycles. The van der Waals surface area contributed by atoms with Crippen LogP contribution in [0, 0.1) is 5.82 Å². The van der Waals surface area contributed by atoms with Gasteiger partial charge in [0.25, 0.3) is 6.43 Å². The van der Waals surface area contributed by atoms with E-state index in [2.05, 4.69) is 0 Å². The van der Waals surface area contributed by atoms with Crippen LogP contribution in [-0.2, 0) is 14.4 Å². The van der Waals surface area contributed by atoms with Gasteiger partial charge in [0.2, 0.25) is 0 Å². The van der Waals surface area contributed by atoms with Gasteiger partial charge >= 0.3 is 6.09 Å². The maximum Gasteiger partial charge on any atom is 0.414 e. The number of hydroxylamine groups is 2. The van der Waals surface area contributed by atoms with E-state index in [1.54, 1.807) is 17.2 Å². The van der Waals surface area contributed by atoms with Crippen molar-refractivity contribution in [1.82, 2.24) is 5.06 Å². The van der Waals surface area contributed by atoms with Crippen LogP contribution >= 0.6 is 0 Å². The van der Waals surface area contributed by atoms with Crippen molar-refractivity contribution >= 4 is 23.3 Å². The van der Waals surface area contributed by atoms with E-state index in [0.29, 0.717) is 38.5 Å². The van der Waals surface area contributed by atoms with Gasteiger partial charge in [-0.15, -0.1) is 0 Å². The molecule has 30 heavy (non-hydrogen) atoms. The Balaban J connectivity index is 1.62. The lowest BCUT2D eigenvalue weighted by atomic mass is 10.1. The predicted molar refractivity (Wildman–Crippen MR) is 101 cm³/mol. The first kappa shape index (κ1) is 22.3. The number of ketones is 1. The molecule has 11 heteroatoms. The molecule has 3 rings (SSSR count). The Morgan fingerprint density at radius 1 is 1.27 bits per heavy atom. The highest BCUT2D eigenvalue weighted by Gasteiger charge is 2.33. The van der Waals surface area contributed by atoms with E-state index < -0.39 is 30.2 Å². The minimum Gasteiger partial charge on any atom is -0.444 e. The molecule has 0 aromatic heterocycles. The van der Waals surface area contributed by atoms with E-state index in [9.17, 15) is 22.8 Å². The van der Waals surface area contributed by atoms with Gasteiger partial charge in [-0.25, -0.2) is 18.0 Å². The van der Waals surface area contributed by atoms with E-state index >= 15 is 0 Å². The average Bonchev–Trinajstić information content (AvgIpc) is 2.93. The molecule has 2 aliphatic rings. The molecular formula is C19H24F3N3O5. The number of rotatable bonds is 8. The number of Topliss-reactive ketones (excluding diaryl/α,β-unsaturated/α-hetero) is 1. The lowest BCUT2D eigenvalue weighted by molar-refractivity contribution is -0.152. The predicted octanol–water partition coefficient (Wildman–Crippen LogP) is 1.81. The van der Waals surface area contributed by atoms with Gasteiger partial charge in [-0.2, -0.15) is 5.06 Å². The highest BCUT2D eigenvalue weighted by molar-refractivity contribution is 5.90. The number of ether oxygens (including phenoxy) is 1. The Labute approximate surface area is 171 Å². The van der Waals surface area contributed by atoms with Gasteiger partial charge in [-0.1, -0.05) is 0 Å². The molecule has 0 aliphatic carbocycles. The third-order valence-electron chi connectivity index (χ3n) is 5.02. The number of nitrogens with zero attached hydrogens (tertiary/aromatic N) is 3. The van der Waals surface area contributed by atoms with Gasteiger partial charge in [-0.3, -0.25) is 14.5 Å². The van der Waals surface area contributed by atoms with E-state index in [1.807, 2.05) is 4.90 Å². The molecule has 1 aromatic carbocycles. The SMILES string of the molecule is O=C(CC[C@H]1CN(c2ccc(N3CCON(CCO)CC3)c(F)c2)C(=O)O1)C(F)F. The van der Waals surface area contributed by atoms with Crippen molar-refractivity contribution in [3.8, 4) is 0 Å². The second-order valence-corrected chi connectivity index (χ2v) is 7.03. The average molecular weight is 431 g/mol. The Kier molecular flexibility index (Phi) is 7.51. The fourth-order valence-electron chi connectivity index (χ4n) is 3.43. The lowest BCUT2D eigenvalue weighted by Crippen LogP contribution is -2.32. The Morgan fingerprint density at radius 3 is 2.77 bits per heavy atom. The van der Waals surface area contributed by atoms with Gasteiger partial charge in [0.05, 0.1) is 31.1 Å². The van der Waals surface area contributed by atoms with Crippen molar-refractivity contribution in [1.29, 1.82) is 0 Å². The largest absolute Gasteiger partial charge is 0.444 e. The number of hydrogen-bond donors (Lipinski definition) is 1. The summed E-state index contributed by atoms with van der Waals surface area (Å²) in [4.78, 5) is 31.7. The number of carbonyl (C=O) groups is 2. The molecule has 0 unspecified atom stereocenters. The number of carbonyl (C=O) groups excluding carboxylic acids is 2. The summed E-state index contributed by atoms with van der Waals surface area (Å²) in [5, 5.41) is 10.6. The van der Waals surface area contributed by atoms with Crippen molar-refractivity contribution in [3.05, 3.63) is 24.0 Å². The number of anilines is 2. The summed E-state index contributed by atoms with van der Waals surface area (Å²) in [6.07, 6.45) is -4.85. The van der Waals surface area contributed by atoms with E-state index in [1.165, 1.54) is 11.0 Å². The molecule has 2 heterocycles. The molecule has 1 amide bonds. The lowest BCUT2D eigenvalue weighted by Gasteiger charge is -2.24. The zero-order chi connectivity index (χ0) is 21.7. The van der Waals surface area contributed by atoms with Crippen molar-refractivity contribution in [2.45, 2.75) is 25.4 Å². The first-order valence-electron chi connectivity index (χ1n) is 9.71. The zero-order valence-electron chi connectivity index (χ0n) is 16.3. The van der Waals surface area contributed by atoms with Crippen LogP contribution in [0.3, 0.4) is 0 Å². The summed E-state index contributed by atoms with van der Waals surface area (Å²) in [6, 6.07) is 4.37. The number of alkyl halides is 2. The van der Waals surface area contributed by atoms with Crippen molar-refractivity contribution in [3.63, 3.8) is 0 Å². The fraction of sp³-hybridized carbons (Fsp3) is 0.579. The number of benzene rings is 1. The van der Waals surface area contributed by atoms with Crippen LogP contribution in [0.2, 0.25) is 0 Å². The van der Waals surface area contributed by atoms with Crippen LogP contribution in [0.15, 0.2) is 18.2 Å². The first-order valence-corrected chi connectivity index (χ1v) is 9.71. The molecule has 0 radical (unpaired) electrons. The number of cyclic esters (lactones) is 1. The molecule has 2 fully saturated rings. The monoisotopic (exact) mass is 431 g/mol. The third-order valence-corrected chi connectivity index (χ3v) is 5.02. The molecule has 0 bridgehead atoms. The molecule has 1 N–H and O–H groups in total. The molecule has 0 spiro atoms. The van der Waals surface area contributed by atoms with E-state index in [0.717, 1.165) is 0 Å². The van der Waals surface area contributed by atoms with Gasteiger partial charge in [0, 0.05) is 32.6 Å². The number of halogens is 3. The zero-order valence-corrected chi connectivity index (χ0v) is 16.3. The van der Waals surface area contributed by atoms with Gasteiger partial charge in [-0.05, 0) is 24.6 Å². The number of hydrogen-bond acceptors (Lipinski definition) is 7. The highest BCUT2D eigenvalue weighted by atomic mass is 19.3. The Bertz CT molecular complexity index is 767. The molecule has 2 saturated heterocycles. The van der Waals surface area contributed by atoms with Crippen LogP contribution in [-0.4, -0.2) is 80.5 Å². The van der Waals surface area contributed by atoms with Crippen molar-refractivity contribution in [2.75, 3.05) is 55.7 Å². The van der Waals surface area contributed by atoms with Crippen LogP contribution < -0.4 is 9.80 Å². The Hall–Kier alpha value is -2.37. The molecule has 166 valence electrons. The quantitative estimate of drug-likeness (QED) is 0.672. The maximum atomic E-state index is 14.8. The summed E-state index contributed by atoms with van der Waals surface area (Å²) in [5.41, 5.74) is 0.650. The van der Waals surface area contributed by atoms with Crippen LogP contribution in [0.25, 0.3) is 0 Å². The summed E-state index contributed by atoms with van der Waals surface area (Å²) in [6.45, 7) is 2.20. The summed E-state index contributed by atoms with van der Waals surface area (Å²) in [5.74, 6) is -1.72. The van der Waals surface area contributed by atoms with E-state index in [4.69, 9.17) is 14.7 Å². The van der Waals surface area contributed by atoms with Crippen molar-refractivity contribution < 1.29 is 37.4 Å².